The molecule has 1 N–H and O–H groups in total. The molecule has 0 aliphatic rings. The highest BCUT2D eigenvalue weighted by molar-refractivity contribution is 5.72. The van der Waals surface area contributed by atoms with Gasteiger partial charge in [0.2, 0.25) is 0 Å². The van der Waals surface area contributed by atoms with E-state index in [0.29, 0.717) is 0 Å². The van der Waals surface area contributed by atoms with Gasteiger partial charge < -0.3 is 9.84 Å². The van der Waals surface area contributed by atoms with E-state index >= 15 is 0 Å². The van der Waals surface area contributed by atoms with Crippen molar-refractivity contribution in [1.82, 2.24) is 0 Å². The molecular weight excluding hydrogens is 112 g/mol. The lowest BCUT2D eigenvalue weighted by Crippen LogP contribution is -2.18. The topological polar surface area (TPSA) is 63.6 Å². The summed E-state index contributed by atoms with van der Waals surface area (Å²) in [6, 6.07) is 0. The van der Waals surface area contributed by atoms with Gasteiger partial charge in [0.25, 0.3) is 6.47 Å². The number of carboxylic acids is 1. The highest BCUT2D eigenvalue weighted by Crippen LogP contribution is 1.84. The number of carboxylic acid groups (broad SMARTS) is 1. The van der Waals surface area contributed by atoms with Crippen molar-refractivity contribution in [2.24, 2.45) is 0 Å². The van der Waals surface area contributed by atoms with E-state index in [-0.39, 0.29) is 6.47 Å². The molecule has 0 amide bonds. The Balaban J connectivity index is 3.46. The Labute approximate surface area is 46.1 Å². The summed E-state index contributed by atoms with van der Waals surface area (Å²) in [5.41, 5.74) is 0. The van der Waals surface area contributed by atoms with E-state index in [0.717, 1.165) is 0 Å². The van der Waals surface area contributed by atoms with Gasteiger partial charge in [0, 0.05) is 0 Å². The Hall–Kier alpha value is -1.06. The number of ether oxygens (including phenoxy) is 1. The van der Waals surface area contributed by atoms with Crippen molar-refractivity contribution in [2.75, 3.05) is 0 Å². The molecule has 1 unspecified atom stereocenters. The molecule has 8 heavy (non-hydrogen) atoms. The lowest BCUT2D eigenvalue weighted by atomic mass is 10.4. The van der Waals surface area contributed by atoms with Crippen molar-refractivity contribution < 1.29 is 19.4 Å². The monoisotopic (exact) mass is 118 g/mol. The first-order chi connectivity index (χ1) is 3.68. The molecule has 0 aromatic carbocycles. The minimum Gasteiger partial charge on any atom is -0.479 e. The summed E-state index contributed by atoms with van der Waals surface area (Å²) in [5, 5.41) is 8.03. The van der Waals surface area contributed by atoms with Crippen molar-refractivity contribution in [1.29, 1.82) is 0 Å². The summed E-state index contributed by atoms with van der Waals surface area (Å²) >= 11 is 0. The van der Waals surface area contributed by atoms with E-state index in [4.69, 9.17) is 5.11 Å². The third-order valence-corrected chi connectivity index (χ3v) is 0.607. The summed E-state index contributed by atoms with van der Waals surface area (Å²) in [5.74, 6) is -1.14. The molecule has 1 atom stereocenters. The van der Waals surface area contributed by atoms with Crippen LogP contribution in [0.3, 0.4) is 0 Å². The molecular formula is C4H6O4. The highest BCUT2D eigenvalue weighted by atomic mass is 16.5. The van der Waals surface area contributed by atoms with Gasteiger partial charge in [-0.25, -0.2) is 4.79 Å². The smallest absolute Gasteiger partial charge is 0.344 e. The zero-order chi connectivity index (χ0) is 6.57. The van der Waals surface area contributed by atoms with E-state index < -0.39 is 12.1 Å². The molecule has 46 valence electrons. The van der Waals surface area contributed by atoms with Gasteiger partial charge in [0.15, 0.2) is 6.10 Å². The van der Waals surface area contributed by atoms with Crippen molar-refractivity contribution >= 4 is 12.4 Å². The van der Waals surface area contributed by atoms with E-state index in [1.54, 1.807) is 0 Å². The minimum atomic E-state index is -1.14. The third kappa shape index (κ3) is 2.17. The van der Waals surface area contributed by atoms with Crippen LogP contribution in [-0.2, 0) is 14.3 Å². The van der Waals surface area contributed by atoms with Gasteiger partial charge >= 0.3 is 5.97 Å². The molecule has 0 rings (SSSR count). The molecule has 0 aromatic rings. The zero-order valence-corrected chi connectivity index (χ0v) is 4.33. The number of hydrogen-bond acceptors (Lipinski definition) is 3. The van der Waals surface area contributed by atoms with Crippen LogP contribution in [0, 0.1) is 0 Å². The number of rotatable bonds is 3. The second kappa shape index (κ2) is 3.01. The molecule has 0 saturated heterocycles. The van der Waals surface area contributed by atoms with Crippen molar-refractivity contribution in [3.05, 3.63) is 0 Å². The molecule has 0 aliphatic carbocycles. The van der Waals surface area contributed by atoms with E-state index in [1.165, 1.54) is 6.92 Å². The Bertz CT molecular complexity index is 98.2. The van der Waals surface area contributed by atoms with Crippen LogP contribution in [0.1, 0.15) is 6.92 Å². The predicted octanol–water partition coefficient (Wildman–Crippen LogP) is -0.367. The quantitative estimate of drug-likeness (QED) is 0.513. The van der Waals surface area contributed by atoms with E-state index in [2.05, 4.69) is 4.74 Å². The second-order valence-corrected chi connectivity index (χ2v) is 1.21. The lowest BCUT2D eigenvalue weighted by Gasteiger charge is -1.99. The van der Waals surface area contributed by atoms with Crippen molar-refractivity contribution in [2.45, 2.75) is 13.0 Å². The first-order valence-electron chi connectivity index (χ1n) is 2.00. The molecule has 0 spiro atoms. The molecule has 4 nitrogen and oxygen atoms in total. The highest BCUT2D eigenvalue weighted by Gasteiger charge is 2.08. The van der Waals surface area contributed by atoms with Gasteiger partial charge in [0.05, 0.1) is 0 Å². The summed E-state index contributed by atoms with van der Waals surface area (Å²) < 4.78 is 4.02. The van der Waals surface area contributed by atoms with Crippen LogP contribution in [0.2, 0.25) is 0 Å². The van der Waals surface area contributed by atoms with Crippen LogP contribution in [0.25, 0.3) is 0 Å². The zero-order valence-electron chi connectivity index (χ0n) is 4.33. The first kappa shape index (κ1) is 6.94. The van der Waals surface area contributed by atoms with Crippen LogP contribution in [-0.4, -0.2) is 23.7 Å². The lowest BCUT2D eigenvalue weighted by molar-refractivity contribution is -0.155. The predicted molar refractivity (Wildman–Crippen MR) is 24.2 cm³/mol. The normalized spacial score (nSPS) is 12.1. The Morgan fingerprint density at radius 1 is 1.88 bits per heavy atom. The molecule has 0 fully saturated rings. The first-order valence-corrected chi connectivity index (χ1v) is 2.00. The van der Waals surface area contributed by atoms with Gasteiger partial charge in [-0.05, 0) is 6.92 Å². The van der Waals surface area contributed by atoms with Crippen LogP contribution in [0.15, 0.2) is 0 Å². The average Bonchev–Trinajstić information content (AvgIpc) is 1.67. The minimum absolute atomic E-state index is 0.110. The summed E-state index contributed by atoms with van der Waals surface area (Å²) in [4.78, 5) is 19.2. The van der Waals surface area contributed by atoms with E-state index in [1.807, 2.05) is 0 Å². The molecule has 0 radical (unpaired) electrons. The molecule has 0 bridgehead atoms. The standard InChI is InChI=1S/C4H6O4/c1-3(4(6)7)8-2-5/h2-3H,1H3,(H,6,7). The van der Waals surface area contributed by atoms with Crippen LogP contribution >= 0.6 is 0 Å². The van der Waals surface area contributed by atoms with Gasteiger partial charge in [-0.15, -0.1) is 0 Å². The molecule has 4 heteroatoms. The third-order valence-electron chi connectivity index (χ3n) is 0.607. The summed E-state index contributed by atoms with van der Waals surface area (Å²) in [7, 11) is 0. The van der Waals surface area contributed by atoms with Gasteiger partial charge in [-0.2, -0.15) is 0 Å². The van der Waals surface area contributed by atoms with Crippen LogP contribution in [0.5, 0.6) is 0 Å². The largest absolute Gasteiger partial charge is 0.479 e. The number of carbonyl (C=O) groups excluding carboxylic acids is 1. The Morgan fingerprint density at radius 3 is 2.50 bits per heavy atom. The van der Waals surface area contributed by atoms with Crippen LogP contribution < -0.4 is 0 Å². The number of hydrogen-bond donors (Lipinski definition) is 1. The Kier molecular flexibility index (Phi) is 2.61. The number of carbonyl (C=O) groups is 2. The van der Waals surface area contributed by atoms with Gasteiger partial charge in [-0.3, -0.25) is 4.79 Å². The van der Waals surface area contributed by atoms with Crippen LogP contribution in [0.4, 0.5) is 0 Å². The number of aliphatic carboxylic acids is 1. The van der Waals surface area contributed by atoms with Gasteiger partial charge in [0.1, 0.15) is 0 Å². The van der Waals surface area contributed by atoms with Gasteiger partial charge in [-0.1, -0.05) is 0 Å². The average molecular weight is 118 g/mol. The fourth-order valence-electron chi connectivity index (χ4n) is 0.142. The maximum absolute atomic E-state index is 9.81. The maximum atomic E-state index is 9.81. The molecule has 0 saturated carbocycles. The maximum Gasteiger partial charge on any atom is 0.344 e. The Morgan fingerprint density at radius 2 is 2.38 bits per heavy atom. The molecule has 0 aliphatic heterocycles. The SMILES string of the molecule is CC(OC=O)C(=O)O. The van der Waals surface area contributed by atoms with E-state index in [9.17, 15) is 9.59 Å². The fraction of sp³-hybridized carbons (Fsp3) is 0.500. The van der Waals surface area contributed by atoms with Crippen molar-refractivity contribution in [3.63, 3.8) is 0 Å². The summed E-state index contributed by atoms with van der Waals surface area (Å²) in [6.07, 6.45) is -1.03. The fourth-order valence-corrected chi connectivity index (χ4v) is 0.142. The molecule has 0 heterocycles. The molecule has 0 aromatic heterocycles. The van der Waals surface area contributed by atoms with Crippen molar-refractivity contribution in [3.8, 4) is 0 Å². The summed E-state index contributed by atoms with van der Waals surface area (Å²) in [6.45, 7) is 1.38. The second-order valence-electron chi connectivity index (χ2n) is 1.21.